The molecule has 0 aliphatic heterocycles. The standard InChI is InChI=1S/C11H14N2O2/c12-11(15)6-7-13(9-14)8-10-4-2-1-3-5-10/h1-5,9H,6-8H2,(H2,12,15). The second kappa shape index (κ2) is 5.80. The molecule has 0 heterocycles. The van der Waals surface area contributed by atoms with E-state index in [1.807, 2.05) is 30.3 Å². The molecule has 0 bridgehead atoms. The SMILES string of the molecule is NC(=O)CCN(C=O)Cc1ccccc1. The van der Waals surface area contributed by atoms with Gasteiger partial charge in [-0.1, -0.05) is 30.3 Å². The lowest BCUT2D eigenvalue weighted by Gasteiger charge is -2.16. The van der Waals surface area contributed by atoms with E-state index >= 15 is 0 Å². The van der Waals surface area contributed by atoms with Crippen LogP contribution in [0, 0.1) is 0 Å². The number of amides is 2. The van der Waals surface area contributed by atoms with E-state index in [2.05, 4.69) is 0 Å². The molecule has 0 aliphatic carbocycles. The summed E-state index contributed by atoms with van der Waals surface area (Å²) in [6.45, 7) is 0.880. The van der Waals surface area contributed by atoms with Crippen molar-refractivity contribution in [3.05, 3.63) is 35.9 Å². The Morgan fingerprint density at radius 2 is 2.00 bits per heavy atom. The Hall–Kier alpha value is -1.84. The molecule has 2 N–H and O–H groups in total. The first-order chi connectivity index (χ1) is 7.22. The van der Waals surface area contributed by atoms with Crippen LogP contribution in [0.3, 0.4) is 0 Å². The van der Waals surface area contributed by atoms with Crippen LogP contribution in [-0.2, 0) is 16.1 Å². The van der Waals surface area contributed by atoms with Gasteiger partial charge in [0, 0.05) is 19.5 Å². The lowest BCUT2D eigenvalue weighted by Crippen LogP contribution is -2.26. The van der Waals surface area contributed by atoms with Crippen LogP contribution in [0.15, 0.2) is 30.3 Å². The average Bonchev–Trinajstić information content (AvgIpc) is 2.25. The van der Waals surface area contributed by atoms with Crippen LogP contribution in [0.2, 0.25) is 0 Å². The zero-order valence-electron chi connectivity index (χ0n) is 8.43. The normalized spacial score (nSPS) is 9.60. The summed E-state index contributed by atoms with van der Waals surface area (Å²) in [6.07, 6.45) is 0.932. The quantitative estimate of drug-likeness (QED) is 0.690. The lowest BCUT2D eigenvalue weighted by molar-refractivity contribution is -0.121. The first-order valence-electron chi connectivity index (χ1n) is 4.74. The number of rotatable bonds is 6. The van der Waals surface area contributed by atoms with Gasteiger partial charge in [-0.15, -0.1) is 0 Å². The fourth-order valence-corrected chi connectivity index (χ4v) is 1.24. The number of benzene rings is 1. The van der Waals surface area contributed by atoms with Crippen molar-refractivity contribution >= 4 is 12.3 Å². The Labute approximate surface area is 88.7 Å². The molecule has 0 fully saturated rings. The summed E-state index contributed by atoms with van der Waals surface area (Å²) < 4.78 is 0. The Balaban J connectivity index is 2.47. The van der Waals surface area contributed by atoms with Crippen molar-refractivity contribution in [1.82, 2.24) is 4.90 Å². The number of carbonyl (C=O) groups is 2. The van der Waals surface area contributed by atoms with Crippen LogP contribution in [0.5, 0.6) is 0 Å². The van der Waals surface area contributed by atoms with Crippen molar-refractivity contribution in [2.75, 3.05) is 6.54 Å². The summed E-state index contributed by atoms with van der Waals surface area (Å²) in [5.74, 6) is -0.394. The second-order valence-corrected chi connectivity index (χ2v) is 3.28. The highest BCUT2D eigenvalue weighted by Gasteiger charge is 2.04. The van der Waals surface area contributed by atoms with Crippen LogP contribution in [0.25, 0.3) is 0 Å². The molecule has 1 aromatic rings. The van der Waals surface area contributed by atoms with Crippen molar-refractivity contribution in [2.24, 2.45) is 5.73 Å². The topological polar surface area (TPSA) is 63.4 Å². The smallest absolute Gasteiger partial charge is 0.219 e. The third kappa shape index (κ3) is 4.26. The van der Waals surface area contributed by atoms with Gasteiger partial charge in [-0.05, 0) is 5.56 Å². The molecule has 4 nitrogen and oxygen atoms in total. The van der Waals surface area contributed by atoms with Crippen molar-refractivity contribution in [3.63, 3.8) is 0 Å². The van der Waals surface area contributed by atoms with E-state index in [0.29, 0.717) is 13.1 Å². The number of hydrogen-bond donors (Lipinski definition) is 1. The Bertz CT molecular complexity index is 325. The Morgan fingerprint density at radius 3 is 2.53 bits per heavy atom. The minimum Gasteiger partial charge on any atom is -0.370 e. The largest absolute Gasteiger partial charge is 0.370 e. The summed E-state index contributed by atoms with van der Waals surface area (Å²) in [4.78, 5) is 22.8. The van der Waals surface area contributed by atoms with Gasteiger partial charge in [-0.25, -0.2) is 0 Å². The summed E-state index contributed by atoms with van der Waals surface area (Å²) in [6, 6.07) is 9.60. The molecule has 0 aromatic heterocycles. The molecule has 80 valence electrons. The highest BCUT2D eigenvalue weighted by atomic mass is 16.1. The minimum absolute atomic E-state index is 0.200. The molecule has 15 heavy (non-hydrogen) atoms. The van der Waals surface area contributed by atoms with Crippen LogP contribution < -0.4 is 5.73 Å². The molecule has 0 atom stereocenters. The van der Waals surface area contributed by atoms with Gasteiger partial charge in [0.15, 0.2) is 0 Å². The fourth-order valence-electron chi connectivity index (χ4n) is 1.24. The molecule has 0 unspecified atom stereocenters. The zero-order chi connectivity index (χ0) is 11.1. The van der Waals surface area contributed by atoms with Crippen LogP contribution >= 0.6 is 0 Å². The monoisotopic (exact) mass is 206 g/mol. The zero-order valence-corrected chi connectivity index (χ0v) is 8.43. The minimum atomic E-state index is -0.394. The molecule has 4 heteroatoms. The second-order valence-electron chi connectivity index (χ2n) is 3.28. The molecular weight excluding hydrogens is 192 g/mol. The van der Waals surface area contributed by atoms with Crippen LogP contribution in [-0.4, -0.2) is 23.8 Å². The number of nitrogens with zero attached hydrogens (tertiary/aromatic N) is 1. The number of carbonyl (C=O) groups excluding carboxylic acids is 2. The van der Waals surface area contributed by atoms with E-state index in [-0.39, 0.29) is 6.42 Å². The number of primary amides is 1. The van der Waals surface area contributed by atoms with Gasteiger partial charge in [0.25, 0.3) is 0 Å². The number of nitrogens with two attached hydrogens (primary N) is 1. The summed E-state index contributed by atoms with van der Waals surface area (Å²) in [5.41, 5.74) is 6.04. The fraction of sp³-hybridized carbons (Fsp3) is 0.273. The Kier molecular flexibility index (Phi) is 4.34. The van der Waals surface area contributed by atoms with E-state index in [0.717, 1.165) is 12.0 Å². The van der Waals surface area contributed by atoms with Crippen molar-refractivity contribution in [2.45, 2.75) is 13.0 Å². The predicted molar refractivity (Wildman–Crippen MR) is 56.7 cm³/mol. The van der Waals surface area contributed by atoms with Gasteiger partial charge in [0.1, 0.15) is 0 Å². The van der Waals surface area contributed by atoms with Crippen molar-refractivity contribution in [3.8, 4) is 0 Å². The van der Waals surface area contributed by atoms with Gasteiger partial charge in [0.2, 0.25) is 12.3 Å². The predicted octanol–water partition coefficient (Wildman–Crippen LogP) is 0.520. The van der Waals surface area contributed by atoms with Gasteiger partial charge >= 0.3 is 0 Å². The number of hydrogen-bond acceptors (Lipinski definition) is 2. The third-order valence-corrected chi connectivity index (χ3v) is 2.02. The maximum Gasteiger partial charge on any atom is 0.219 e. The molecule has 1 rings (SSSR count). The van der Waals surface area contributed by atoms with Gasteiger partial charge < -0.3 is 10.6 Å². The van der Waals surface area contributed by atoms with E-state index in [9.17, 15) is 9.59 Å². The van der Waals surface area contributed by atoms with E-state index in [4.69, 9.17) is 5.73 Å². The maximum absolute atomic E-state index is 10.7. The summed E-state index contributed by atoms with van der Waals surface area (Å²) in [7, 11) is 0. The van der Waals surface area contributed by atoms with Crippen LogP contribution in [0.1, 0.15) is 12.0 Å². The third-order valence-electron chi connectivity index (χ3n) is 2.02. The van der Waals surface area contributed by atoms with E-state index in [1.54, 1.807) is 0 Å². The molecular formula is C11H14N2O2. The molecule has 0 radical (unpaired) electrons. The van der Waals surface area contributed by atoms with E-state index < -0.39 is 5.91 Å². The first-order valence-corrected chi connectivity index (χ1v) is 4.74. The van der Waals surface area contributed by atoms with Gasteiger partial charge in [-0.2, -0.15) is 0 Å². The molecule has 0 saturated carbocycles. The van der Waals surface area contributed by atoms with E-state index in [1.165, 1.54) is 4.90 Å². The molecule has 0 saturated heterocycles. The Morgan fingerprint density at radius 1 is 1.33 bits per heavy atom. The molecule has 0 aliphatic rings. The first kappa shape index (κ1) is 11.2. The molecule has 0 spiro atoms. The highest BCUT2D eigenvalue weighted by Crippen LogP contribution is 2.02. The van der Waals surface area contributed by atoms with Crippen LogP contribution in [0.4, 0.5) is 0 Å². The highest BCUT2D eigenvalue weighted by molar-refractivity contribution is 5.74. The van der Waals surface area contributed by atoms with Gasteiger partial charge in [-0.3, -0.25) is 9.59 Å². The average molecular weight is 206 g/mol. The molecule has 2 amide bonds. The lowest BCUT2D eigenvalue weighted by atomic mass is 10.2. The summed E-state index contributed by atoms with van der Waals surface area (Å²) in [5, 5.41) is 0. The van der Waals surface area contributed by atoms with Crippen molar-refractivity contribution < 1.29 is 9.59 Å². The summed E-state index contributed by atoms with van der Waals surface area (Å²) >= 11 is 0. The van der Waals surface area contributed by atoms with Gasteiger partial charge in [0.05, 0.1) is 0 Å². The van der Waals surface area contributed by atoms with Crippen molar-refractivity contribution in [1.29, 1.82) is 0 Å². The maximum atomic E-state index is 10.7. The molecule has 1 aromatic carbocycles.